The fourth-order valence-corrected chi connectivity index (χ4v) is 4.99. The molecule has 3 aromatic rings. The molecule has 1 heterocycles. The van der Waals surface area contributed by atoms with E-state index in [9.17, 15) is 4.39 Å². The number of benzene rings is 2. The van der Waals surface area contributed by atoms with Crippen molar-refractivity contribution in [2.45, 2.75) is 39.0 Å². The van der Waals surface area contributed by atoms with Crippen LogP contribution in [-0.2, 0) is 6.42 Å². The van der Waals surface area contributed by atoms with Crippen molar-refractivity contribution >= 4 is 21.9 Å². The Morgan fingerprint density at radius 1 is 1.19 bits per heavy atom. The van der Waals surface area contributed by atoms with Crippen LogP contribution in [0.4, 0.5) is 10.3 Å². The molecule has 0 radical (unpaired) electrons. The maximum atomic E-state index is 13.5. The number of halogens is 2. The third kappa shape index (κ3) is 4.83. The van der Waals surface area contributed by atoms with Crippen LogP contribution < -0.4 is 5.32 Å². The van der Waals surface area contributed by atoms with Crippen molar-refractivity contribution in [3.05, 3.63) is 99.4 Å². The average molecular weight is 492 g/mol. The van der Waals surface area contributed by atoms with E-state index in [0.29, 0.717) is 5.95 Å². The zero-order chi connectivity index (χ0) is 22.5. The largest absolute Gasteiger partial charge is 0.354 e. The smallest absolute Gasteiger partial charge is 0.223 e. The molecule has 1 aliphatic carbocycles. The third-order valence-electron chi connectivity index (χ3n) is 5.87. The molecule has 0 bridgehead atoms. The minimum Gasteiger partial charge on any atom is -0.354 e. The topological polar surface area (TPSA) is 37.8 Å². The lowest BCUT2D eigenvalue weighted by Crippen LogP contribution is -2.15. The van der Waals surface area contributed by atoms with Crippen LogP contribution in [0.2, 0.25) is 0 Å². The number of fused-ring (bicyclic) bond motifs is 3. The van der Waals surface area contributed by atoms with Gasteiger partial charge in [-0.2, -0.15) is 0 Å². The lowest BCUT2D eigenvalue weighted by Gasteiger charge is -2.27. The van der Waals surface area contributed by atoms with Crippen LogP contribution in [0.5, 0.6) is 0 Å². The first-order chi connectivity index (χ1) is 15.6. The van der Waals surface area contributed by atoms with Crippen LogP contribution in [0.1, 0.15) is 49.3 Å². The average Bonchev–Trinajstić information content (AvgIpc) is 2.82. The zero-order valence-electron chi connectivity index (χ0n) is 18.4. The van der Waals surface area contributed by atoms with Crippen molar-refractivity contribution < 1.29 is 4.39 Å². The van der Waals surface area contributed by atoms with Gasteiger partial charge in [-0.1, -0.05) is 71.4 Å². The molecule has 1 N–H and O–H groups in total. The summed E-state index contributed by atoms with van der Waals surface area (Å²) in [6, 6.07) is 15.2. The van der Waals surface area contributed by atoms with Gasteiger partial charge in [0.25, 0.3) is 0 Å². The molecule has 4 rings (SSSR count). The molecule has 164 valence electrons. The summed E-state index contributed by atoms with van der Waals surface area (Å²) in [6.07, 6.45) is 8.93. The van der Waals surface area contributed by atoms with E-state index in [0.717, 1.165) is 52.7 Å². The molecule has 0 fully saturated rings. The van der Waals surface area contributed by atoms with Crippen molar-refractivity contribution in [2.24, 2.45) is 0 Å². The van der Waals surface area contributed by atoms with Gasteiger partial charge >= 0.3 is 0 Å². The Morgan fingerprint density at radius 2 is 1.97 bits per heavy atom. The van der Waals surface area contributed by atoms with Crippen LogP contribution >= 0.6 is 15.9 Å². The first-order valence-corrected chi connectivity index (χ1v) is 11.9. The van der Waals surface area contributed by atoms with Gasteiger partial charge in [0, 0.05) is 28.7 Å². The Kier molecular flexibility index (Phi) is 7.15. The molecule has 1 unspecified atom stereocenters. The lowest BCUT2D eigenvalue weighted by atomic mass is 9.78. The Bertz CT molecular complexity index is 1150. The third-order valence-corrected chi connectivity index (χ3v) is 6.70. The number of nitrogens with zero attached hydrogens (tertiary/aromatic N) is 2. The number of aromatic nitrogens is 2. The van der Waals surface area contributed by atoms with Crippen LogP contribution in [-0.4, -0.2) is 16.5 Å². The summed E-state index contributed by atoms with van der Waals surface area (Å²) in [5.74, 6) is 0.599. The minimum absolute atomic E-state index is 0.168. The predicted molar refractivity (Wildman–Crippen MR) is 134 cm³/mol. The monoisotopic (exact) mass is 491 g/mol. The number of anilines is 1. The standard InChI is InChI=1S/C27H27BrFN3/c1-3-7-25(28)18(4-2)14-15-30-27-31-17-20-16-24(19-10-12-21(29)13-11-19)22-8-5-6-9-23(22)26(20)32-27/h4-13,17,24H,3,14-16H2,1-2H3,(H,30,31,32)/b18-4-,25-7+. The highest BCUT2D eigenvalue weighted by molar-refractivity contribution is 9.12. The molecule has 0 aliphatic heterocycles. The molecule has 2 aromatic carbocycles. The summed E-state index contributed by atoms with van der Waals surface area (Å²) >= 11 is 3.66. The first-order valence-electron chi connectivity index (χ1n) is 11.1. The molecule has 5 heteroatoms. The van der Waals surface area contributed by atoms with Gasteiger partial charge < -0.3 is 5.32 Å². The van der Waals surface area contributed by atoms with Gasteiger partial charge in [0.15, 0.2) is 0 Å². The van der Waals surface area contributed by atoms with Crippen molar-refractivity contribution in [1.82, 2.24) is 9.97 Å². The summed E-state index contributed by atoms with van der Waals surface area (Å²) in [7, 11) is 0. The number of hydrogen-bond donors (Lipinski definition) is 1. The number of hydrogen-bond acceptors (Lipinski definition) is 3. The number of rotatable bonds is 7. The quantitative estimate of drug-likeness (QED) is 0.349. The van der Waals surface area contributed by atoms with E-state index in [2.05, 4.69) is 70.4 Å². The Labute approximate surface area is 197 Å². The first kappa shape index (κ1) is 22.4. The highest BCUT2D eigenvalue weighted by Gasteiger charge is 2.27. The SMILES string of the molecule is C/C=C(CCNc1ncc2c(n1)-c1ccccc1C(c1ccc(F)cc1)C2)\C(Br)=C/CC. The Hall–Kier alpha value is -2.79. The van der Waals surface area contributed by atoms with Crippen LogP contribution in [0, 0.1) is 5.82 Å². The van der Waals surface area contributed by atoms with E-state index in [1.54, 1.807) is 0 Å². The van der Waals surface area contributed by atoms with E-state index in [4.69, 9.17) is 4.98 Å². The number of allylic oxidation sites excluding steroid dienone is 3. The van der Waals surface area contributed by atoms with Crippen molar-refractivity contribution in [2.75, 3.05) is 11.9 Å². The van der Waals surface area contributed by atoms with Gasteiger partial charge in [0.05, 0.1) is 5.69 Å². The van der Waals surface area contributed by atoms with Crippen LogP contribution in [0.25, 0.3) is 11.3 Å². The van der Waals surface area contributed by atoms with E-state index in [1.165, 1.54) is 23.3 Å². The molecule has 0 saturated heterocycles. The highest BCUT2D eigenvalue weighted by atomic mass is 79.9. The predicted octanol–water partition coefficient (Wildman–Crippen LogP) is 7.41. The van der Waals surface area contributed by atoms with Gasteiger partial charge in [-0.25, -0.2) is 14.4 Å². The van der Waals surface area contributed by atoms with Crippen molar-refractivity contribution in [3.63, 3.8) is 0 Å². The molecule has 1 aliphatic rings. The van der Waals surface area contributed by atoms with Crippen LogP contribution in [0.3, 0.4) is 0 Å². The Morgan fingerprint density at radius 3 is 2.72 bits per heavy atom. The lowest BCUT2D eigenvalue weighted by molar-refractivity contribution is 0.626. The summed E-state index contributed by atoms with van der Waals surface area (Å²) < 4.78 is 14.6. The van der Waals surface area contributed by atoms with Gasteiger partial charge in [-0.15, -0.1) is 0 Å². The minimum atomic E-state index is -0.212. The molecule has 1 aromatic heterocycles. The summed E-state index contributed by atoms with van der Waals surface area (Å²) in [6.45, 7) is 4.95. The van der Waals surface area contributed by atoms with E-state index in [-0.39, 0.29) is 11.7 Å². The molecule has 1 atom stereocenters. The molecule has 0 spiro atoms. The zero-order valence-corrected chi connectivity index (χ0v) is 20.0. The number of nitrogens with one attached hydrogen (secondary N) is 1. The maximum Gasteiger partial charge on any atom is 0.223 e. The van der Waals surface area contributed by atoms with Crippen molar-refractivity contribution in [1.29, 1.82) is 0 Å². The van der Waals surface area contributed by atoms with Crippen LogP contribution in [0.15, 0.2) is 76.9 Å². The van der Waals surface area contributed by atoms with E-state index in [1.807, 2.05) is 24.4 Å². The van der Waals surface area contributed by atoms with Gasteiger partial charge in [0.1, 0.15) is 5.82 Å². The van der Waals surface area contributed by atoms with Gasteiger partial charge in [-0.3, -0.25) is 0 Å². The van der Waals surface area contributed by atoms with Gasteiger partial charge in [0.2, 0.25) is 5.95 Å². The van der Waals surface area contributed by atoms with Crippen molar-refractivity contribution in [3.8, 4) is 11.3 Å². The van der Waals surface area contributed by atoms with Gasteiger partial charge in [-0.05, 0) is 60.6 Å². The van der Waals surface area contributed by atoms with E-state index >= 15 is 0 Å². The molecular weight excluding hydrogens is 465 g/mol. The fraction of sp³-hybridized carbons (Fsp3) is 0.259. The maximum absolute atomic E-state index is 13.5. The normalized spacial score (nSPS) is 15.8. The second kappa shape index (κ2) is 10.2. The Balaban J connectivity index is 1.56. The molecule has 0 saturated carbocycles. The second-order valence-electron chi connectivity index (χ2n) is 7.91. The molecule has 32 heavy (non-hydrogen) atoms. The fourth-order valence-electron chi connectivity index (χ4n) is 4.23. The summed E-state index contributed by atoms with van der Waals surface area (Å²) in [5, 5.41) is 3.38. The molecular formula is C27H27BrFN3. The highest BCUT2D eigenvalue weighted by Crippen LogP contribution is 2.41. The molecule has 3 nitrogen and oxygen atoms in total. The second-order valence-corrected chi connectivity index (χ2v) is 8.77. The summed E-state index contributed by atoms with van der Waals surface area (Å²) in [5.41, 5.74) is 6.82. The summed E-state index contributed by atoms with van der Waals surface area (Å²) in [4.78, 5) is 9.46. The van der Waals surface area contributed by atoms with E-state index < -0.39 is 0 Å². The molecule has 0 amide bonds.